The Morgan fingerprint density at radius 1 is 1.33 bits per heavy atom. The van der Waals surface area contributed by atoms with Crippen molar-refractivity contribution in [3.63, 3.8) is 0 Å². The fourth-order valence-electron chi connectivity index (χ4n) is 1.61. The minimum atomic E-state index is -0.429. The second-order valence-electron chi connectivity index (χ2n) is 4.13. The highest BCUT2D eigenvalue weighted by Crippen LogP contribution is 2.26. The van der Waals surface area contributed by atoms with Crippen molar-refractivity contribution in [3.05, 3.63) is 57.8 Å². The third-order valence-corrected chi connectivity index (χ3v) is 3.33. The number of hydrogen-bond acceptors (Lipinski definition) is 5. The Hall–Kier alpha value is -2.21. The number of methoxy groups -OCH3 is 1. The minimum absolute atomic E-state index is 0.250. The Kier molecular flexibility index (Phi) is 5.05. The van der Waals surface area contributed by atoms with Crippen LogP contribution in [0.4, 0.5) is 0 Å². The van der Waals surface area contributed by atoms with Gasteiger partial charge >= 0.3 is 5.97 Å². The molecule has 1 aromatic heterocycles. The van der Waals surface area contributed by atoms with Crippen LogP contribution in [-0.4, -0.2) is 24.3 Å². The molecule has 108 valence electrons. The highest BCUT2D eigenvalue weighted by Gasteiger charge is 2.07. The number of rotatable bonds is 5. The lowest BCUT2D eigenvalue weighted by atomic mass is 10.2. The van der Waals surface area contributed by atoms with E-state index in [1.54, 1.807) is 30.3 Å². The summed E-state index contributed by atoms with van der Waals surface area (Å²) in [4.78, 5) is 26.1. The van der Waals surface area contributed by atoms with Crippen LogP contribution in [0.25, 0.3) is 0 Å². The van der Waals surface area contributed by atoms with Crippen LogP contribution in [0, 0.1) is 0 Å². The molecule has 6 heteroatoms. The van der Waals surface area contributed by atoms with E-state index < -0.39 is 5.97 Å². The molecule has 0 radical (unpaired) electrons. The zero-order chi connectivity index (χ0) is 15.2. The van der Waals surface area contributed by atoms with Gasteiger partial charge in [-0.1, -0.05) is 0 Å². The second-order valence-corrected chi connectivity index (χ2v) is 4.98. The van der Waals surface area contributed by atoms with Gasteiger partial charge in [0.1, 0.15) is 18.6 Å². The number of hydrogen-bond donors (Lipinski definition) is 0. The predicted molar refractivity (Wildman–Crippen MR) is 79.4 cm³/mol. The van der Waals surface area contributed by atoms with E-state index in [4.69, 9.17) is 4.74 Å². The van der Waals surface area contributed by atoms with Crippen LogP contribution in [0.15, 0.2) is 41.0 Å². The van der Waals surface area contributed by atoms with Gasteiger partial charge in [-0.25, -0.2) is 4.79 Å². The molecule has 0 N–H and O–H groups in total. The summed E-state index contributed by atoms with van der Waals surface area (Å²) in [5.41, 5.74) is 1.63. The first kappa shape index (κ1) is 15.2. The van der Waals surface area contributed by atoms with Crippen molar-refractivity contribution in [3.8, 4) is 5.75 Å². The van der Waals surface area contributed by atoms with Crippen LogP contribution in [0.3, 0.4) is 0 Å². The number of carbonyl (C=O) groups excluding carboxylic acids is 2. The SMILES string of the molecule is COC(=O)c1ccc(COc2ccc(C=O)cc2Br)nc1. The first-order chi connectivity index (χ1) is 10.1. The highest BCUT2D eigenvalue weighted by atomic mass is 79.9. The van der Waals surface area contributed by atoms with Crippen LogP contribution in [0.1, 0.15) is 26.4 Å². The molecule has 0 atom stereocenters. The molecule has 0 bridgehead atoms. The monoisotopic (exact) mass is 349 g/mol. The van der Waals surface area contributed by atoms with E-state index in [-0.39, 0.29) is 6.61 Å². The Balaban J connectivity index is 2.03. The summed E-state index contributed by atoms with van der Waals surface area (Å²) in [6.45, 7) is 0.250. The van der Waals surface area contributed by atoms with Gasteiger partial charge in [0.15, 0.2) is 0 Å². The number of benzene rings is 1. The Morgan fingerprint density at radius 2 is 2.14 bits per heavy atom. The molecule has 0 aliphatic carbocycles. The molecule has 0 saturated heterocycles. The largest absolute Gasteiger partial charge is 0.486 e. The number of esters is 1. The summed E-state index contributed by atoms with van der Waals surface area (Å²) in [6.07, 6.45) is 2.21. The maximum absolute atomic E-state index is 11.3. The molecule has 1 heterocycles. The molecule has 0 fully saturated rings. The Bertz CT molecular complexity index is 655. The zero-order valence-electron chi connectivity index (χ0n) is 11.2. The van der Waals surface area contributed by atoms with E-state index in [9.17, 15) is 9.59 Å². The Morgan fingerprint density at radius 3 is 2.71 bits per heavy atom. The predicted octanol–water partition coefficient (Wildman–Crippen LogP) is 3.02. The molecule has 2 aromatic rings. The van der Waals surface area contributed by atoms with Gasteiger partial charge in [-0.05, 0) is 46.3 Å². The summed E-state index contributed by atoms with van der Waals surface area (Å²) < 4.78 is 10.9. The van der Waals surface area contributed by atoms with Crippen molar-refractivity contribution in [1.82, 2.24) is 4.98 Å². The molecule has 0 aliphatic rings. The Labute approximate surface area is 130 Å². The summed E-state index contributed by atoms with van der Waals surface area (Å²) in [6, 6.07) is 8.37. The minimum Gasteiger partial charge on any atom is -0.486 e. The van der Waals surface area contributed by atoms with Crippen LogP contribution in [0.2, 0.25) is 0 Å². The molecule has 0 saturated carbocycles. The van der Waals surface area contributed by atoms with Gasteiger partial charge in [-0.2, -0.15) is 0 Å². The molecule has 2 rings (SSSR count). The van der Waals surface area contributed by atoms with Crippen molar-refractivity contribution in [2.45, 2.75) is 6.61 Å². The first-order valence-electron chi connectivity index (χ1n) is 6.05. The molecule has 5 nitrogen and oxygen atoms in total. The number of halogens is 1. The van der Waals surface area contributed by atoms with Crippen LogP contribution >= 0.6 is 15.9 Å². The van der Waals surface area contributed by atoms with Crippen molar-refractivity contribution in [1.29, 1.82) is 0 Å². The number of aldehydes is 1. The van der Waals surface area contributed by atoms with Crippen molar-refractivity contribution >= 4 is 28.2 Å². The number of aromatic nitrogens is 1. The fraction of sp³-hybridized carbons (Fsp3) is 0.133. The third-order valence-electron chi connectivity index (χ3n) is 2.71. The van der Waals surface area contributed by atoms with Gasteiger partial charge in [-0.15, -0.1) is 0 Å². The fourth-order valence-corrected chi connectivity index (χ4v) is 2.12. The summed E-state index contributed by atoms with van der Waals surface area (Å²) in [5, 5.41) is 0. The molecule has 0 unspecified atom stereocenters. The molecule has 1 aromatic carbocycles. The molecule has 0 amide bonds. The molecule has 21 heavy (non-hydrogen) atoms. The van der Waals surface area contributed by atoms with Crippen LogP contribution < -0.4 is 4.74 Å². The van der Waals surface area contributed by atoms with Gasteiger partial charge in [0.2, 0.25) is 0 Å². The topological polar surface area (TPSA) is 65.5 Å². The molecule has 0 spiro atoms. The average molecular weight is 350 g/mol. The van der Waals surface area contributed by atoms with E-state index in [0.717, 1.165) is 6.29 Å². The highest BCUT2D eigenvalue weighted by molar-refractivity contribution is 9.10. The summed E-state index contributed by atoms with van der Waals surface area (Å²) in [7, 11) is 1.32. The standard InChI is InChI=1S/C15H12BrNO4/c1-20-15(19)11-3-4-12(17-7-11)9-21-14-5-2-10(8-18)6-13(14)16/h2-8H,9H2,1H3. The van der Waals surface area contributed by atoms with Crippen LogP contribution in [-0.2, 0) is 11.3 Å². The number of nitrogens with zero attached hydrogens (tertiary/aromatic N) is 1. The van der Waals surface area contributed by atoms with Gasteiger partial charge in [0, 0.05) is 11.8 Å². The summed E-state index contributed by atoms with van der Waals surface area (Å²) >= 11 is 3.34. The molecule has 0 aliphatic heterocycles. The number of carbonyl (C=O) groups is 2. The van der Waals surface area contributed by atoms with Crippen molar-refractivity contribution in [2.75, 3.05) is 7.11 Å². The van der Waals surface area contributed by atoms with Gasteiger partial charge < -0.3 is 9.47 Å². The number of ether oxygens (including phenoxy) is 2. The maximum atomic E-state index is 11.3. The summed E-state index contributed by atoms with van der Waals surface area (Å²) in [5.74, 6) is 0.182. The third kappa shape index (κ3) is 3.88. The van der Waals surface area contributed by atoms with Gasteiger partial charge in [0.25, 0.3) is 0 Å². The first-order valence-corrected chi connectivity index (χ1v) is 6.84. The lowest BCUT2D eigenvalue weighted by molar-refractivity contribution is 0.0600. The zero-order valence-corrected chi connectivity index (χ0v) is 12.8. The van der Waals surface area contributed by atoms with E-state index in [1.807, 2.05) is 0 Å². The number of pyridine rings is 1. The maximum Gasteiger partial charge on any atom is 0.339 e. The van der Waals surface area contributed by atoms with E-state index >= 15 is 0 Å². The quantitative estimate of drug-likeness (QED) is 0.613. The molecular formula is C15H12BrNO4. The van der Waals surface area contributed by atoms with Gasteiger partial charge in [0.05, 0.1) is 22.8 Å². The smallest absolute Gasteiger partial charge is 0.339 e. The lowest BCUT2D eigenvalue weighted by Crippen LogP contribution is -2.04. The lowest BCUT2D eigenvalue weighted by Gasteiger charge is -2.08. The van der Waals surface area contributed by atoms with Crippen molar-refractivity contribution < 1.29 is 19.1 Å². The van der Waals surface area contributed by atoms with Gasteiger partial charge in [-0.3, -0.25) is 9.78 Å². The van der Waals surface area contributed by atoms with E-state index in [0.29, 0.717) is 27.0 Å². The van der Waals surface area contributed by atoms with Crippen molar-refractivity contribution in [2.24, 2.45) is 0 Å². The average Bonchev–Trinajstić information content (AvgIpc) is 2.53. The van der Waals surface area contributed by atoms with Crippen LogP contribution in [0.5, 0.6) is 5.75 Å². The normalized spacial score (nSPS) is 10.0. The molecular weight excluding hydrogens is 338 g/mol. The second kappa shape index (κ2) is 6.99. The van der Waals surface area contributed by atoms with E-state index in [1.165, 1.54) is 13.3 Å². The van der Waals surface area contributed by atoms with E-state index in [2.05, 4.69) is 25.7 Å².